The first kappa shape index (κ1) is 61.1. The summed E-state index contributed by atoms with van der Waals surface area (Å²) in [5.41, 5.74) is 18.9. The Hall–Kier alpha value is -9.13. The fraction of sp³-hybridized carbons (Fsp3) is 0.380. The third-order valence-corrected chi connectivity index (χ3v) is 15.0. The van der Waals surface area contributed by atoms with Gasteiger partial charge in [0.2, 0.25) is 47.3 Å². The lowest BCUT2D eigenvalue weighted by Gasteiger charge is -2.27. The van der Waals surface area contributed by atoms with Crippen LogP contribution >= 0.6 is 21.6 Å². The number of amides is 11. The molecule has 2 aliphatic rings. The Labute approximate surface area is 471 Å². The molecule has 0 spiro atoms. The molecule has 2 fully saturated rings. The summed E-state index contributed by atoms with van der Waals surface area (Å²) in [6.45, 7) is 0.636. The van der Waals surface area contributed by atoms with Gasteiger partial charge in [0.1, 0.15) is 54.9 Å². The van der Waals surface area contributed by atoms with E-state index in [-0.39, 0.29) is 68.6 Å². The van der Waals surface area contributed by atoms with Gasteiger partial charge in [-0.25, -0.2) is 9.78 Å². The van der Waals surface area contributed by atoms with Gasteiger partial charge in [0.25, 0.3) is 5.91 Å². The first-order valence-electron chi connectivity index (χ1n) is 25.4. The maximum atomic E-state index is 14.7. The summed E-state index contributed by atoms with van der Waals surface area (Å²) in [6, 6.07) is 3.80. The lowest BCUT2D eigenvalue weighted by atomic mass is 10.0. The third kappa shape index (κ3) is 18.5. The Kier molecular flexibility index (Phi) is 22.4. The topological polar surface area (TPSA) is 464 Å². The van der Waals surface area contributed by atoms with Gasteiger partial charge in [0.05, 0.1) is 12.0 Å². The molecule has 2 saturated heterocycles. The molecule has 81 heavy (non-hydrogen) atoms. The summed E-state index contributed by atoms with van der Waals surface area (Å²) in [7, 11) is 1.91. The largest absolute Gasteiger partial charge is 0.370 e. The summed E-state index contributed by atoms with van der Waals surface area (Å²) in [5.74, 6) is -9.09. The highest BCUT2D eigenvalue weighted by Gasteiger charge is 2.39. The van der Waals surface area contributed by atoms with Crippen LogP contribution in [0.15, 0.2) is 85.5 Å². The van der Waals surface area contributed by atoms with E-state index in [4.69, 9.17) is 28.0 Å². The number of carbonyl (C=O) groups excluding carboxylic acids is 10. The first-order valence-corrected chi connectivity index (χ1v) is 27.9. The van der Waals surface area contributed by atoms with Crippen molar-refractivity contribution in [2.24, 2.45) is 17.2 Å². The van der Waals surface area contributed by atoms with Gasteiger partial charge in [0, 0.05) is 67.2 Å². The maximum absolute atomic E-state index is 14.7. The van der Waals surface area contributed by atoms with Crippen molar-refractivity contribution in [1.29, 1.82) is 10.8 Å². The summed E-state index contributed by atoms with van der Waals surface area (Å²) in [6.07, 6.45) is 6.90. The molecule has 31 heteroatoms. The van der Waals surface area contributed by atoms with Crippen LogP contribution in [0.25, 0.3) is 10.9 Å². The predicted octanol–water partition coefficient (Wildman–Crippen LogP) is -3.56. The van der Waals surface area contributed by atoms with Crippen molar-refractivity contribution in [1.82, 2.24) is 73.0 Å². The minimum Gasteiger partial charge on any atom is -0.370 e. The van der Waals surface area contributed by atoms with Crippen LogP contribution < -0.4 is 70.4 Å². The number of urea groups is 1. The number of benzene rings is 2. The normalized spacial score (nSPS) is 23.0. The van der Waals surface area contributed by atoms with Crippen LogP contribution in [0.2, 0.25) is 0 Å². The van der Waals surface area contributed by atoms with Crippen molar-refractivity contribution in [3.05, 3.63) is 102 Å². The number of imidazole rings is 1. The average Bonchev–Trinajstić information content (AvgIpc) is 4.17. The monoisotopic (exact) mass is 1160 g/mol. The molecular weight excluding hydrogens is 1090 g/mol. The number of para-hydroxylation sites is 1. The van der Waals surface area contributed by atoms with E-state index in [0.717, 1.165) is 32.5 Å². The van der Waals surface area contributed by atoms with Crippen molar-refractivity contribution < 1.29 is 47.9 Å². The zero-order valence-electron chi connectivity index (χ0n) is 43.8. The number of nitrogens with one attached hydrogen (secondary N) is 14. The number of aromatic amines is 2. The van der Waals surface area contributed by atoms with E-state index < -0.39 is 114 Å². The number of nitrogens with zero attached hydrogens (tertiary/aromatic N) is 2. The van der Waals surface area contributed by atoms with Gasteiger partial charge in [0.15, 0.2) is 11.9 Å². The number of carbonyl (C=O) groups is 10. The van der Waals surface area contributed by atoms with E-state index in [1.54, 1.807) is 48.7 Å². The second-order valence-electron chi connectivity index (χ2n) is 18.7. The van der Waals surface area contributed by atoms with E-state index in [1.807, 2.05) is 12.1 Å². The number of imide groups is 1. The molecule has 2 aromatic carbocycles. The second-order valence-corrected chi connectivity index (χ2v) is 21.3. The van der Waals surface area contributed by atoms with E-state index in [0.29, 0.717) is 21.7 Å². The van der Waals surface area contributed by atoms with Crippen LogP contribution in [0.3, 0.4) is 0 Å². The molecule has 4 heterocycles. The number of nitrogens with two attached hydrogens (primary N) is 3. The molecule has 2 aromatic heterocycles. The number of primary amides is 1. The molecule has 6 rings (SSSR count). The third-order valence-electron chi connectivity index (χ3n) is 12.6. The van der Waals surface area contributed by atoms with Crippen molar-refractivity contribution in [2.45, 2.75) is 87.4 Å². The van der Waals surface area contributed by atoms with E-state index in [9.17, 15) is 47.9 Å². The lowest BCUT2D eigenvalue weighted by molar-refractivity contribution is -0.135. The van der Waals surface area contributed by atoms with E-state index >= 15 is 0 Å². The SMILES string of the molecule is C[C@H]1NC(=O)[C@@H](NC(=O)CN2C(=O)N[C@@H](/C=C/CNC(=N)N)C2=O)CSSC[C@@H](C(N)=O)NC(=O)[C@H](Cc2c[nH]c3ccccc23)NC(=O)[C@H](CCCNC(=N)N)NC(=O)[C@@H](Cc2ccccc2)NC(=O)[C@H](Cc2c[nH]cn2)NC1=O. The van der Waals surface area contributed by atoms with Gasteiger partial charge in [-0.2, -0.15) is 0 Å². The molecule has 20 N–H and O–H groups in total. The minimum atomic E-state index is -1.50. The van der Waals surface area contributed by atoms with Gasteiger partial charge >= 0.3 is 6.03 Å². The number of H-pyrrole nitrogens is 2. The molecule has 0 radical (unpaired) electrons. The highest BCUT2D eigenvalue weighted by molar-refractivity contribution is 8.76. The molecule has 2 aliphatic heterocycles. The first-order chi connectivity index (χ1) is 38.8. The smallest absolute Gasteiger partial charge is 0.325 e. The fourth-order valence-corrected chi connectivity index (χ4v) is 10.7. The van der Waals surface area contributed by atoms with Crippen LogP contribution in [-0.2, 0) is 62.4 Å². The van der Waals surface area contributed by atoms with Crippen LogP contribution in [0.4, 0.5) is 4.79 Å². The second kappa shape index (κ2) is 29.7. The number of hydrogen-bond donors (Lipinski definition) is 17. The number of aromatic nitrogens is 3. The Morgan fingerprint density at radius 2 is 1.35 bits per heavy atom. The predicted molar refractivity (Wildman–Crippen MR) is 300 cm³/mol. The maximum Gasteiger partial charge on any atom is 0.325 e. The number of hydrogen-bond acceptors (Lipinski definition) is 15. The van der Waals surface area contributed by atoms with E-state index in [2.05, 4.69) is 68.1 Å². The molecule has 0 bridgehead atoms. The van der Waals surface area contributed by atoms with Crippen molar-refractivity contribution in [2.75, 3.05) is 31.1 Å². The molecule has 0 unspecified atom stereocenters. The molecule has 0 aliphatic carbocycles. The molecule has 432 valence electrons. The molecule has 11 amide bonds. The van der Waals surface area contributed by atoms with Crippen molar-refractivity contribution in [3.8, 4) is 0 Å². The minimum absolute atomic E-state index is 0.0611. The number of rotatable bonds is 17. The van der Waals surface area contributed by atoms with Gasteiger partial charge in [-0.15, -0.1) is 0 Å². The average molecular weight is 1160 g/mol. The van der Waals surface area contributed by atoms with Crippen LogP contribution in [-0.4, -0.2) is 170 Å². The van der Waals surface area contributed by atoms with Crippen molar-refractivity contribution in [3.63, 3.8) is 0 Å². The molecule has 0 saturated carbocycles. The zero-order chi connectivity index (χ0) is 58.6. The van der Waals surface area contributed by atoms with E-state index in [1.165, 1.54) is 31.6 Å². The number of fused-ring (bicyclic) bond motifs is 1. The highest BCUT2D eigenvalue weighted by Crippen LogP contribution is 2.24. The summed E-state index contributed by atoms with van der Waals surface area (Å²) in [4.78, 5) is 150. The Balaban J connectivity index is 1.33. The van der Waals surface area contributed by atoms with Gasteiger partial charge in [-0.05, 0) is 37.0 Å². The molecule has 4 aromatic rings. The Morgan fingerprint density at radius 3 is 2.04 bits per heavy atom. The zero-order valence-corrected chi connectivity index (χ0v) is 45.4. The Morgan fingerprint density at radius 1 is 0.716 bits per heavy atom. The summed E-state index contributed by atoms with van der Waals surface area (Å²) in [5, 5.41) is 41.7. The van der Waals surface area contributed by atoms with Crippen LogP contribution in [0.1, 0.15) is 36.6 Å². The van der Waals surface area contributed by atoms with Gasteiger partial charge in [-0.1, -0.05) is 82.3 Å². The van der Waals surface area contributed by atoms with Crippen LogP contribution in [0.5, 0.6) is 0 Å². The number of guanidine groups is 2. The molecule has 29 nitrogen and oxygen atoms in total. The summed E-state index contributed by atoms with van der Waals surface area (Å²) >= 11 is 0. The highest BCUT2D eigenvalue weighted by atomic mass is 33.1. The van der Waals surface area contributed by atoms with Crippen molar-refractivity contribution >= 4 is 104 Å². The van der Waals surface area contributed by atoms with Crippen LogP contribution in [0, 0.1) is 10.8 Å². The molecule has 8 atom stereocenters. The molecular formula is C50H65N19O10S2. The summed E-state index contributed by atoms with van der Waals surface area (Å²) < 4.78 is 0. The lowest BCUT2D eigenvalue weighted by Crippen LogP contribution is -2.60. The standard InChI is InChI=1S/C50H65N19O10S2/c1-26-41(72)64-36(19-29-21-56-25-60-29)45(76)65-34(17-27-9-3-2-4-10-27)43(74)63-32(13-7-15-57-48(52)53)42(73)66-35(18-28-20-59-31-12-6-5-11-30(28)31)44(75)67-37(40(51)71)23-80-81-24-38(46(77)61-26)62-39(70)22-69-47(78)33(68-50(69)79)14-8-16-58-49(54)55/h2-6,8-12,14,20-21,25-26,32-38,59H,7,13,15-19,22-24H2,1H3,(H2,51,71)(H,56,60)(H,61,77)(H,62,70)(H,63,74)(H,64,72)(H,65,76)(H,66,73)(H,67,75)(H,68,79)(H4,52,53,57)(H4,54,55,58)/b14-8+/t26-,32+,33+,34-,35+,36+,37+,38+/m1/s1. The fourth-order valence-electron chi connectivity index (χ4n) is 8.36. The Bertz CT molecular complexity index is 2980. The van der Waals surface area contributed by atoms with Gasteiger partial charge < -0.3 is 80.3 Å². The quantitative estimate of drug-likeness (QED) is 0.0121. The van der Waals surface area contributed by atoms with Gasteiger partial charge in [-0.3, -0.25) is 58.9 Å².